The lowest BCUT2D eigenvalue weighted by Crippen LogP contribution is -2.21. The minimum atomic E-state index is -5.08. The van der Waals surface area contributed by atoms with Crippen LogP contribution in [0.2, 0.25) is 0 Å². The van der Waals surface area contributed by atoms with E-state index in [1.165, 1.54) is 0 Å². The predicted octanol–water partition coefficient (Wildman–Crippen LogP) is 1.75. The van der Waals surface area contributed by atoms with Crippen LogP contribution in [0.25, 0.3) is 5.65 Å². The quantitative estimate of drug-likeness (QED) is 0.794. The molecule has 0 aromatic carbocycles. The molecule has 9 nitrogen and oxygen atoms in total. The molecule has 3 heterocycles. The van der Waals surface area contributed by atoms with Crippen molar-refractivity contribution >= 4 is 17.5 Å². The minimum absolute atomic E-state index is 0.168. The van der Waals surface area contributed by atoms with Gasteiger partial charge in [0.25, 0.3) is 11.8 Å². The first kappa shape index (κ1) is 21.4. The number of carboxylic acids is 1. The molecule has 28 heavy (non-hydrogen) atoms. The highest BCUT2D eigenvalue weighted by Gasteiger charge is 2.38. The van der Waals surface area contributed by atoms with Gasteiger partial charge in [0.2, 0.25) is 5.65 Å². The van der Waals surface area contributed by atoms with E-state index in [9.17, 15) is 18.0 Å². The van der Waals surface area contributed by atoms with Gasteiger partial charge in [0, 0.05) is 31.5 Å². The number of nitrogens with zero attached hydrogens (tertiary/aromatic N) is 3. The molecule has 3 rings (SSSR count). The Kier molecular flexibility index (Phi) is 6.78. The Morgan fingerprint density at radius 2 is 1.93 bits per heavy atom. The summed E-state index contributed by atoms with van der Waals surface area (Å²) in [6.45, 7) is 3.81. The van der Waals surface area contributed by atoms with Gasteiger partial charge in [0.05, 0.1) is 12.3 Å². The summed E-state index contributed by atoms with van der Waals surface area (Å²) in [6, 6.07) is 0. The van der Waals surface area contributed by atoms with E-state index < -0.39 is 18.1 Å². The third kappa shape index (κ3) is 5.31. The van der Waals surface area contributed by atoms with Gasteiger partial charge in [-0.2, -0.15) is 13.2 Å². The Balaban J connectivity index is 0.000000345. The molecule has 1 aliphatic heterocycles. The number of carbonyl (C=O) groups excluding carboxylic acids is 1. The number of alkyl halides is 3. The van der Waals surface area contributed by atoms with Gasteiger partial charge in [-0.3, -0.25) is 9.20 Å². The number of ether oxygens (including phenoxy) is 2. The Labute approximate surface area is 157 Å². The van der Waals surface area contributed by atoms with E-state index in [1.807, 2.05) is 13.1 Å². The van der Waals surface area contributed by atoms with Crippen molar-refractivity contribution in [3.8, 4) is 5.88 Å². The van der Waals surface area contributed by atoms with Gasteiger partial charge in [0.1, 0.15) is 5.69 Å². The number of hydrogen-bond donors (Lipinski definition) is 2. The number of carbonyl (C=O) groups is 2. The van der Waals surface area contributed by atoms with Crippen LogP contribution < -0.4 is 10.5 Å². The summed E-state index contributed by atoms with van der Waals surface area (Å²) >= 11 is 0. The van der Waals surface area contributed by atoms with Crippen molar-refractivity contribution in [2.24, 2.45) is 5.73 Å². The lowest BCUT2D eigenvalue weighted by Gasteiger charge is -2.19. The molecule has 0 aliphatic carbocycles. The molecule has 0 bridgehead atoms. The van der Waals surface area contributed by atoms with Crippen LogP contribution in [0.5, 0.6) is 5.88 Å². The van der Waals surface area contributed by atoms with Crippen LogP contribution in [0, 0.1) is 0 Å². The number of carboxylic acid groups (broad SMARTS) is 1. The van der Waals surface area contributed by atoms with Crippen molar-refractivity contribution in [2.45, 2.75) is 31.9 Å². The van der Waals surface area contributed by atoms with Gasteiger partial charge >= 0.3 is 12.1 Å². The lowest BCUT2D eigenvalue weighted by molar-refractivity contribution is -0.192. The number of fused-ring (bicyclic) bond motifs is 1. The van der Waals surface area contributed by atoms with Crippen molar-refractivity contribution < 1.29 is 37.3 Å². The average Bonchev–Trinajstić information content (AvgIpc) is 3.07. The van der Waals surface area contributed by atoms with Gasteiger partial charge in [-0.15, -0.1) is 0 Å². The third-order valence-corrected chi connectivity index (χ3v) is 3.84. The van der Waals surface area contributed by atoms with E-state index in [-0.39, 0.29) is 5.69 Å². The second-order valence-corrected chi connectivity index (χ2v) is 5.81. The Hall–Kier alpha value is -2.89. The Bertz CT molecular complexity index is 847. The number of primary amides is 1. The van der Waals surface area contributed by atoms with Gasteiger partial charge in [-0.05, 0) is 19.8 Å². The van der Waals surface area contributed by atoms with Crippen LogP contribution in [-0.4, -0.2) is 57.3 Å². The number of aliphatic carboxylic acids is 1. The molecule has 0 spiro atoms. The van der Waals surface area contributed by atoms with E-state index in [4.69, 9.17) is 25.1 Å². The monoisotopic (exact) mass is 404 g/mol. The van der Waals surface area contributed by atoms with Gasteiger partial charge in [-0.25, -0.2) is 14.8 Å². The van der Waals surface area contributed by atoms with Crippen LogP contribution in [0.15, 0.2) is 12.4 Å². The first-order valence-electron chi connectivity index (χ1n) is 8.33. The fraction of sp³-hybridized carbons (Fsp3) is 0.500. The molecule has 0 atom stereocenters. The van der Waals surface area contributed by atoms with E-state index in [1.54, 1.807) is 10.6 Å². The number of nitrogens with two attached hydrogens (primary N) is 1. The second-order valence-electron chi connectivity index (χ2n) is 5.81. The van der Waals surface area contributed by atoms with Crippen LogP contribution in [0.1, 0.15) is 41.9 Å². The van der Waals surface area contributed by atoms with Crippen molar-refractivity contribution in [3.63, 3.8) is 0 Å². The molecule has 1 fully saturated rings. The molecule has 12 heteroatoms. The smallest absolute Gasteiger partial charge is 0.475 e. The van der Waals surface area contributed by atoms with Crippen molar-refractivity contribution in [2.75, 3.05) is 19.8 Å². The predicted molar refractivity (Wildman–Crippen MR) is 89.2 cm³/mol. The average molecular weight is 404 g/mol. The number of aromatic nitrogens is 3. The standard InChI is InChI=1S/C14H18N4O3.C2HF3O2/c1-2-21-14-13-16-10(9-3-5-20-6-4-9)7-18(13)8-11(17-14)12(15)19;3-2(4,5)1(6)7/h7-9H,2-6H2,1H3,(H2,15,19);(H,6,7). The topological polar surface area (TPSA) is 129 Å². The molecule has 0 unspecified atom stereocenters. The number of imidazole rings is 1. The SMILES string of the molecule is CCOc1nc(C(N)=O)cn2cc(C3CCOCC3)nc12.O=C(O)C(F)(F)F. The summed E-state index contributed by atoms with van der Waals surface area (Å²) in [4.78, 5) is 29.0. The second kappa shape index (κ2) is 8.87. The molecule has 154 valence electrons. The number of amides is 1. The maximum absolute atomic E-state index is 11.4. The van der Waals surface area contributed by atoms with Crippen LogP contribution in [-0.2, 0) is 9.53 Å². The van der Waals surface area contributed by atoms with E-state index >= 15 is 0 Å². The highest BCUT2D eigenvalue weighted by molar-refractivity contribution is 5.91. The molecular weight excluding hydrogens is 385 g/mol. The van der Waals surface area contributed by atoms with Crippen LogP contribution >= 0.6 is 0 Å². The summed E-state index contributed by atoms with van der Waals surface area (Å²) in [6.07, 6.45) is 0.325. The third-order valence-electron chi connectivity index (χ3n) is 3.84. The number of halogens is 3. The summed E-state index contributed by atoms with van der Waals surface area (Å²) in [5.74, 6) is -2.64. The van der Waals surface area contributed by atoms with E-state index in [0.29, 0.717) is 24.1 Å². The van der Waals surface area contributed by atoms with Crippen molar-refractivity contribution in [1.82, 2.24) is 14.4 Å². The zero-order chi connectivity index (χ0) is 20.9. The molecule has 1 amide bonds. The zero-order valence-corrected chi connectivity index (χ0v) is 14.9. The van der Waals surface area contributed by atoms with Gasteiger partial charge < -0.3 is 20.3 Å². The fourth-order valence-corrected chi connectivity index (χ4v) is 2.53. The van der Waals surface area contributed by atoms with Crippen LogP contribution in [0.4, 0.5) is 13.2 Å². The summed E-state index contributed by atoms with van der Waals surface area (Å²) in [5, 5.41) is 7.12. The Morgan fingerprint density at radius 1 is 1.32 bits per heavy atom. The minimum Gasteiger partial charge on any atom is -0.475 e. The molecule has 0 radical (unpaired) electrons. The summed E-state index contributed by atoms with van der Waals surface area (Å²) in [5.41, 5.74) is 7.07. The molecule has 0 saturated carbocycles. The first-order chi connectivity index (χ1) is 13.1. The molecule has 2 aromatic heterocycles. The summed E-state index contributed by atoms with van der Waals surface area (Å²) < 4.78 is 44.4. The zero-order valence-electron chi connectivity index (χ0n) is 14.9. The highest BCUT2D eigenvalue weighted by atomic mass is 19.4. The van der Waals surface area contributed by atoms with E-state index in [0.717, 1.165) is 31.7 Å². The molecule has 1 saturated heterocycles. The van der Waals surface area contributed by atoms with E-state index in [2.05, 4.69) is 9.97 Å². The molecular formula is C16H19F3N4O5. The largest absolute Gasteiger partial charge is 0.490 e. The Morgan fingerprint density at radius 3 is 2.43 bits per heavy atom. The fourth-order valence-electron chi connectivity index (χ4n) is 2.53. The molecule has 3 N–H and O–H groups in total. The molecule has 1 aliphatic rings. The maximum Gasteiger partial charge on any atom is 0.490 e. The molecule has 2 aromatic rings. The van der Waals surface area contributed by atoms with Gasteiger partial charge in [-0.1, -0.05) is 0 Å². The van der Waals surface area contributed by atoms with Crippen LogP contribution in [0.3, 0.4) is 0 Å². The number of hydrogen-bond acceptors (Lipinski definition) is 6. The number of rotatable bonds is 4. The normalized spacial score (nSPS) is 15.0. The van der Waals surface area contributed by atoms with Gasteiger partial charge in [0.15, 0.2) is 0 Å². The first-order valence-corrected chi connectivity index (χ1v) is 8.33. The van der Waals surface area contributed by atoms with Crippen molar-refractivity contribution in [3.05, 3.63) is 23.8 Å². The van der Waals surface area contributed by atoms with Crippen molar-refractivity contribution in [1.29, 1.82) is 0 Å². The maximum atomic E-state index is 11.4. The summed E-state index contributed by atoms with van der Waals surface area (Å²) in [7, 11) is 0. The lowest BCUT2D eigenvalue weighted by atomic mass is 9.97. The highest BCUT2D eigenvalue weighted by Crippen LogP contribution is 2.28.